The first-order valence-electron chi connectivity index (χ1n) is 7.05. The molecule has 0 unspecified atom stereocenters. The van der Waals surface area contributed by atoms with E-state index in [0.29, 0.717) is 6.54 Å². The van der Waals surface area contributed by atoms with E-state index < -0.39 is 6.04 Å². The molecule has 6 heteroatoms. The number of nitrogens with zero attached hydrogens (tertiary/aromatic N) is 2. The van der Waals surface area contributed by atoms with Crippen LogP contribution in [0.2, 0.25) is 0 Å². The maximum atomic E-state index is 12.3. The van der Waals surface area contributed by atoms with Crippen molar-refractivity contribution in [3.63, 3.8) is 0 Å². The van der Waals surface area contributed by atoms with Gasteiger partial charge in [0, 0.05) is 31.6 Å². The molecule has 1 aromatic rings. The van der Waals surface area contributed by atoms with Gasteiger partial charge in [-0.2, -0.15) is 5.10 Å². The molecule has 1 aliphatic heterocycles. The first kappa shape index (κ1) is 14.6. The topological polar surface area (TPSA) is 78.1 Å². The summed E-state index contributed by atoms with van der Waals surface area (Å²) in [6, 6.07) is 1.57. The Bertz CT molecular complexity index is 497. The van der Waals surface area contributed by atoms with E-state index in [1.807, 2.05) is 17.9 Å². The molecule has 2 atom stereocenters. The zero-order valence-electron chi connectivity index (χ0n) is 12.3. The average molecular weight is 278 g/mol. The van der Waals surface area contributed by atoms with E-state index in [1.54, 1.807) is 6.92 Å². The molecular formula is C14H22N4O2. The molecule has 0 bridgehead atoms. The minimum Gasteiger partial charge on any atom is -0.345 e. The number of likely N-dealkylation sites (tertiary alicyclic amines) is 1. The van der Waals surface area contributed by atoms with Crippen molar-refractivity contribution in [1.82, 2.24) is 20.4 Å². The van der Waals surface area contributed by atoms with Crippen LogP contribution in [0.4, 0.5) is 0 Å². The van der Waals surface area contributed by atoms with Crippen molar-refractivity contribution in [3.05, 3.63) is 17.5 Å². The van der Waals surface area contributed by atoms with Gasteiger partial charge in [-0.15, -0.1) is 0 Å². The monoisotopic (exact) mass is 278 g/mol. The summed E-state index contributed by atoms with van der Waals surface area (Å²) in [7, 11) is 0. The van der Waals surface area contributed by atoms with Crippen LogP contribution in [-0.2, 0) is 9.59 Å². The SMILES string of the molecule is CC(=O)N[C@@H](C)C(=O)N1CCC[C@@H](c2cc(C)[nH]n2)C1. The molecular weight excluding hydrogens is 256 g/mol. The van der Waals surface area contributed by atoms with Gasteiger partial charge in [-0.05, 0) is 32.8 Å². The number of aryl methyl sites for hydroxylation is 1. The predicted octanol–water partition coefficient (Wildman–Crippen LogP) is 0.949. The lowest BCUT2D eigenvalue weighted by atomic mass is 9.94. The summed E-state index contributed by atoms with van der Waals surface area (Å²) in [5, 5.41) is 9.89. The summed E-state index contributed by atoms with van der Waals surface area (Å²) in [4.78, 5) is 25.2. The summed E-state index contributed by atoms with van der Waals surface area (Å²) in [5.41, 5.74) is 2.06. The minimum atomic E-state index is -0.466. The van der Waals surface area contributed by atoms with Gasteiger partial charge in [-0.1, -0.05) is 0 Å². The van der Waals surface area contributed by atoms with Crippen molar-refractivity contribution in [1.29, 1.82) is 0 Å². The maximum absolute atomic E-state index is 12.3. The zero-order valence-corrected chi connectivity index (χ0v) is 12.3. The third kappa shape index (κ3) is 3.37. The van der Waals surface area contributed by atoms with Crippen LogP contribution in [0.5, 0.6) is 0 Å². The molecule has 0 aliphatic carbocycles. The molecule has 1 aromatic heterocycles. The van der Waals surface area contributed by atoms with Crippen LogP contribution < -0.4 is 5.32 Å². The highest BCUT2D eigenvalue weighted by molar-refractivity contribution is 5.86. The normalized spacial score (nSPS) is 20.6. The van der Waals surface area contributed by atoms with Gasteiger partial charge < -0.3 is 10.2 Å². The van der Waals surface area contributed by atoms with Crippen LogP contribution in [0, 0.1) is 6.92 Å². The van der Waals surface area contributed by atoms with Crippen molar-refractivity contribution >= 4 is 11.8 Å². The summed E-state index contributed by atoms with van der Waals surface area (Å²) >= 11 is 0. The Balaban J connectivity index is 1.99. The third-order valence-corrected chi connectivity index (χ3v) is 3.67. The van der Waals surface area contributed by atoms with Crippen molar-refractivity contribution in [2.45, 2.75) is 45.6 Å². The molecule has 1 fully saturated rings. The molecule has 2 heterocycles. The lowest BCUT2D eigenvalue weighted by Gasteiger charge is -2.33. The smallest absolute Gasteiger partial charge is 0.244 e. The third-order valence-electron chi connectivity index (χ3n) is 3.67. The largest absolute Gasteiger partial charge is 0.345 e. The van der Waals surface area contributed by atoms with Crippen LogP contribution in [0.15, 0.2) is 6.07 Å². The van der Waals surface area contributed by atoms with Crippen LogP contribution in [0.3, 0.4) is 0 Å². The molecule has 2 N–H and O–H groups in total. The maximum Gasteiger partial charge on any atom is 0.244 e. The number of hydrogen-bond acceptors (Lipinski definition) is 3. The molecule has 20 heavy (non-hydrogen) atoms. The van der Waals surface area contributed by atoms with Crippen molar-refractivity contribution < 1.29 is 9.59 Å². The lowest BCUT2D eigenvalue weighted by molar-refractivity contribution is -0.136. The molecule has 2 rings (SSSR count). The van der Waals surface area contributed by atoms with E-state index in [4.69, 9.17) is 0 Å². The van der Waals surface area contributed by atoms with Crippen LogP contribution in [0.1, 0.15) is 44.0 Å². The average Bonchev–Trinajstić information content (AvgIpc) is 2.84. The summed E-state index contributed by atoms with van der Waals surface area (Å²) in [5.74, 6) is 0.0849. The number of nitrogens with one attached hydrogen (secondary N) is 2. The van der Waals surface area contributed by atoms with Gasteiger partial charge in [0.25, 0.3) is 0 Å². The number of carbonyl (C=O) groups is 2. The number of piperidine rings is 1. The Morgan fingerprint density at radius 3 is 2.90 bits per heavy atom. The summed E-state index contributed by atoms with van der Waals surface area (Å²) in [6.45, 7) is 6.55. The standard InChI is InChI=1S/C14H22N4O2/c1-9-7-13(17-16-9)12-5-4-6-18(8-12)14(20)10(2)15-11(3)19/h7,10,12H,4-6,8H2,1-3H3,(H,15,19)(H,16,17)/t10-,12+/m0/s1. The first-order valence-corrected chi connectivity index (χ1v) is 7.05. The van der Waals surface area contributed by atoms with E-state index in [9.17, 15) is 9.59 Å². The van der Waals surface area contributed by atoms with Gasteiger partial charge in [0.2, 0.25) is 11.8 Å². The predicted molar refractivity (Wildman–Crippen MR) is 75.2 cm³/mol. The quantitative estimate of drug-likeness (QED) is 0.864. The summed E-state index contributed by atoms with van der Waals surface area (Å²) < 4.78 is 0. The molecule has 6 nitrogen and oxygen atoms in total. The molecule has 0 aromatic carbocycles. The Kier molecular flexibility index (Phi) is 4.42. The van der Waals surface area contributed by atoms with Crippen molar-refractivity contribution in [2.24, 2.45) is 0 Å². The summed E-state index contributed by atoms with van der Waals surface area (Å²) in [6.07, 6.45) is 2.01. The van der Waals surface area contributed by atoms with Gasteiger partial charge in [0.05, 0.1) is 5.69 Å². The van der Waals surface area contributed by atoms with Gasteiger partial charge in [0.1, 0.15) is 6.04 Å². The number of amides is 2. The Hall–Kier alpha value is -1.85. The van der Waals surface area contributed by atoms with E-state index in [1.165, 1.54) is 6.92 Å². The molecule has 1 aliphatic rings. The van der Waals surface area contributed by atoms with Crippen molar-refractivity contribution in [3.8, 4) is 0 Å². The fourth-order valence-electron chi connectivity index (χ4n) is 2.71. The van der Waals surface area contributed by atoms with Crippen LogP contribution in [-0.4, -0.2) is 46.0 Å². The second-order valence-corrected chi connectivity index (χ2v) is 5.52. The number of rotatable bonds is 3. The zero-order chi connectivity index (χ0) is 14.7. The number of hydrogen-bond donors (Lipinski definition) is 2. The Morgan fingerprint density at radius 1 is 1.55 bits per heavy atom. The molecule has 0 saturated carbocycles. The number of aromatic nitrogens is 2. The van der Waals surface area contributed by atoms with E-state index >= 15 is 0 Å². The number of carbonyl (C=O) groups excluding carboxylic acids is 2. The van der Waals surface area contributed by atoms with Gasteiger partial charge in [0.15, 0.2) is 0 Å². The lowest BCUT2D eigenvalue weighted by Crippen LogP contribution is -2.49. The molecule has 110 valence electrons. The van der Waals surface area contributed by atoms with E-state index in [2.05, 4.69) is 15.5 Å². The van der Waals surface area contributed by atoms with E-state index in [-0.39, 0.29) is 17.7 Å². The van der Waals surface area contributed by atoms with Gasteiger partial charge in [-0.3, -0.25) is 14.7 Å². The molecule has 0 radical (unpaired) electrons. The highest BCUT2D eigenvalue weighted by Gasteiger charge is 2.28. The number of aromatic amines is 1. The fourth-order valence-corrected chi connectivity index (χ4v) is 2.71. The molecule has 0 spiro atoms. The van der Waals surface area contributed by atoms with Crippen LogP contribution >= 0.6 is 0 Å². The van der Waals surface area contributed by atoms with E-state index in [0.717, 1.165) is 30.8 Å². The van der Waals surface area contributed by atoms with Gasteiger partial charge >= 0.3 is 0 Å². The number of H-pyrrole nitrogens is 1. The van der Waals surface area contributed by atoms with Gasteiger partial charge in [-0.25, -0.2) is 0 Å². The first-order chi connectivity index (χ1) is 9.47. The second kappa shape index (κ2) is 6.07. The molecule has 2 amide bonds. The highest BCUT2D eigenvalue weighted by Crippen LogP contribution is 2.26. The second-order valence-electron chi connectivity index (χ2n) is 5.52. The van der Waals surface area contributed by atoms with Crippen molar-refractivity contribution in [2.75, 3.05) is 13.1 Å². The van der Waals surface area contributed by atoms with Crippen LogP contribution in [0.25, 0.3) is 0 Å². The Morgan fingerprint density at radius 2 is 2.30 bits per heavy atom. The Labute approximate surface area is 118 Å². The highest BCUT2D eigenvalue weighted by atomic mass is 16.2. The molecule has 1 saturated heterocycles. The fraction of sp³-hybridized carbons (Fsp3) is 0.643. The minimum absolute atomic E-state index is 0.0165.